The van der Waals surface area contributed by atoms with Crippen LogP contribution in [0.3, 0.4) is 0 Å². The summed E-state index contributed by atoms with van der Waals surface area (Å²) in [5, 5.41) is 0. The van der Waals surface area contributed by atoms with Crippen molar-refractivity contribution in [1.82, 2.24) is 4.90 Å². The number of carbonyl (C=O) groups is 1. The zero-order valence-corrected chi connectivity index (χ0v) is 16.5. The average molecular weight is 367 g/mol. The lowest BCUT2D eigenvalue weighted by Gasteiger charge is -2.32. The van der Waals surface area contributed by atoms with Gasteiger partial charge in [0.1, 0.15) is 5.75 Å². The largest absolute Gasteiger partial charge is 0.496 e. The second-order valence-electron chi connectivity index (χ2n) is 7.57. The van der Waals surface area contributed by atoms with Gasteiger partial charge in [-0.25, -0.2) is 0 Å². The van der Waals surface area contributed by atoms with Gasteiger partial charge in [-0.2, -0.15) is 0 Å². The minimum absolute atomic E-state index is 0.0300. The van der Waals surface area contributed by atoms with Crippen molar-refractivity contribution in [2.75, 3.05) is 14.2 Å². The van der Waals surface area contributed by atoms with E-state index in [9.17, 15) is 4.79 Å². The monoisotopic (exact) mass is 366 g/mol. The Morgan fingerprint density at radius 2 is 1.85 bits per heavy atom. The number of para-hydroxylation sites is 1. The average Bonchev–Trinajstić information content (AvgIpc) is 2.72. The molecule has 0 aliphatic heterocycles. The number of carbonyl (C=O) groups excluding carboxylic acids is 1. The number of amides is 1. The summed E-state index contributed by atoms with van der Waals surface area (Å²) in [6, 6.07) is 16.6. The molecule has 4 nitrogen and oxygen atoms in total. The van der Waals surface area contributed by atoms with Gasteiger partial charge in [0.15, 0.2) is 0 Å². The number of rotatable bonds is 5. The molecule has 1 fully saturated rings. The van der Waals surface area contributed by atoms with E-state index in [1.165, 1.54) is 0 Å². The van der Waals surface area contributed by atoms with Gasteiger partial charge in [-0.3, -0.25) is 4.79 Å². The second-order valence-corrected chi connectivity index (χ2v) is 7.57. The lowest BCUT2D eigenvalue weighted by Crippen LogP contribution is -2.39. The zero-order valence-electron chi connectivity index (χ0n) is 16.5. The van der Waals surface area contributed by atoms with Crippen molar-refractivity contribution in [2.24, 2.45) is 11.7 Å². The van der Waals surface area contributed by atoms with E-state index < -0.39 is 0 Å². The van der Waals surface area contributed by atoms with Gasteiger partial charge >= 0.3 is 0 Å². The molecule has 2 N–H and O–H groups in total. The molecule has 0 heterocycles. The molecule has 27 heavy (non-hydrogen) atoms. The van der Waals surface area contributed by atoms with Crippen LogP contribution in [0.4, 0.5) is 0 Å². The molecule has 0 spiro atoms. The molecular weight excluding hydrogens is 336 g/mol. The molecule has 3 atom stereocenters. The fourth-order valence-corrected chi connectivity index (χ4v) is 3.98. The lowest BCUT2D eigenvalue weighted by molar-refractivity contribution is -0.137. The smallest absolute Gasteiger partial charge is 0.225 e. The maximum atomic E-state index is 12.9. The first-order valence-electron chi connectivity index (χ1n) is 9.77. The molecule has 3 rings (SSSR count). The van der Waals surface area contributed by atoms with Gasteiger partial charge in [0.2, 0.25) is 5.91 Å². The van der Waals surface area contributed by atoms with Crippen LogP contribution in [0.5, 0.6) is 5.75 Å². The maximum Gasteiger partial charge on any atom is 0.225 e. The Labute approximate surface area is 162 Å². The predicted octanol–water partition coefficient (Wildman–Crippen LogP) is 4.40. The first kappa shape index (κ1) is 19.4. The predicted molar refractivity (Wildman–Crippen MR) is 110 cm³/mol. The number of nitrogens with zero attached hydrogens (tertiary/aromatic N) is 1. The summed E-state index contributed by atoms with van der Waals surface area (Å²) in [6.07, 6.45) is 3.85. The Morgan fingerprint density at radius 1 is 1.15 bits per heavy atom. The molecule has 144 valence electrons. The van der Waals surface area contributed by atoms with Crippen molar-refractivity contribution in [3.8, 4) is 16.9 Å². The molecule has 1 aliphatic rings. The Balaban J connectivity index is 1.73. The van der Waals surface area contributed by atoms with Gasteiger partial charge in [-0.05, 0) is 43.4 Å². The maximum absolute atomic E-state index is 12.9. The van der Waals surface area contributed by atoms with Crippen LogP contribution in [0.2, 0.25) is 0 Å². The topological polar surface area (TPSA) is 55.6 Å². The Morgan fingerprint density at radius 3 is 2.52 bits per heavy atom. The van der Waals surface area contributed by atoms with Crippen molar-refractivity contribution in [3.05, 3.63) is 54.1 Å². The Bertz CT molecular complexity index is 772. The summed E-state index contributed by atoms with van der Waals surface area (Å²) < 4.78 is 5.46. The summed E-state index contributed by atoms with van der Waals surface area (Å²) in [5.74, 6) is 1.14. The van der Waals surface area contributed by atoms with E-state index in [1.54, 1.807) is 7.11 Å². The second kappa shape index (κ2) is 8.57. The molecule has 2 aromatic carbocycles. The highest BCUT2D eigenvalue weighted by atomic mass is 16.5. The fraction of sp³-hybridized carbons (Fsp3) is 0.435. The number of hydrogen-bond acceptors (Lipinski definition) is 3. The highest BCUT2D eigenvalue weighted by molar-refractivity contribution is 5.79. The number of ether oxygens (including phenoxy) is 1. The van der Waals surface area contributed by atoms with Crippen molar-refractivity contribution >= 4 is 5.91 Å². The molecule has 2 aromatic rings. The Hall–Kier alpha value is -2.33. The molecule has 0 saturated heterocycles. The van der Waals surface area contributed by atoms with Crippen LogP contribution < -0.4 is 10.5 Å². The minimum Gasteiger partial charge on any atom is -0.496 e. The van der Waals surface area contributed by atoms with Gasteiger partial charge in [0.05, 0.1) is 13.2 Å². The summed E-state index contributed by atoms with van der Waals surface area (Å²) in [4.78, 5) is 14.8. The molecule has 4 heteroatoms. The SMILES string of the molecule is COc1ccccc1-c1ccc(C(C)N(C)C(=O)C2CCCC(N)C2)cc1. The van der Waals surface area contributed by atoms with Crippen molar-refractivity contribution in [3.63, 3.8) is 0 Å². The van der Waals surface area contributed by atoms with Crippen molar-refractivity contribution in [2.45, 2.75) is 44.7 Å². The highest BCUT2D eigenvalue weighted by Crippen LogP contribution is 2.32. The van der Waals surface area contributed by atoms with E-state index in [4.69, 9.17) is 10.5 Å². The summed E-state index contributed by atoms with van der Waals surface area (Å²) >= 11 is 0. The molecule has 0 aromatic heterocycles. The van der Waals surface area contributed by atoms with Gasteiger partial charge in [-0.1, -0.05) is 48.9 Å². The lowest BCUT2D eigenvalue weighted by atomic mass is 9.85. The van der Waals surface area contributed by atoms with Crippen LogP contribution in [0.15, 0.2) is 48.5 Å². The molecule has 1 saturated carbocycles. The van der Waals surface area contributed by atoms with E-state index >= 15 is 0 Å². The summed E-state index contributed by atoms with van der Waals surface area (Å²) in [5.41, 5.74) is 9.37. The van der Waals surface area contributed by atoms with E-state index in [0.29, 0.717) is 0 Å². The van der Waals surface area contributed by atoms with Crippen LogP contribution in [0, 0.1) is 5.92 Å². The first-order chi connectivity index (χ1) is 13.0. The quantitative estimate of drug-likeness (QED) is 0.853. The Kier molecular flexibility index (Phi) is 6.17. The van der Waals surface area contributed by atoms with Crippen molar-refractivity contribution < 1.29 is 9.53 Å². The number of hydrogen-bond donors (Lipinski definition) is 1. The van der Waals surface area contributed by atoms with E-state index in [1.807, 2.05) is 30.1 Å². The van der Waals surface area contributed by atoms with Gasteiger partial charge in [-0.15, -0.1) is 0 Å². The highest BCUT2D eigenvalue weighted by Gasteiger charge is 2.29. The van der Waals surface area contributed by atoms with E-state index in [2.05, 4.69) is 37.3 Å². The van der Waals surface area contributed by atoms with Crippen molar-refractivity contribution in [1.29, 1.82) is 0 Å². The first-order valence-corrected chi connectivity index (χ1v) is 9.77. The van der Waals surface area contributed by atoms with Gasteiger partial charge in [0.25, 0.3) is 0 Å². The summed E-state index contributed by atoms with van der Waals surface area (Å²) in [7, 11) is 3.59. The van der Waals surface area contributed by atoms with Gasteiger partial charge in [0, 0.05) is 24.6 Å². The normalized spacial score (nSPS) is 20.7. The third-order valence-electron chi connectivity index (χ3n) is 5.80. The summed E-state index contributed by atoms with van der Waals surface area (Å²) in [6.45, 7) is 2.08. The molecule has 1 amide bonds. The molecule has 3 unspecified atom stereocenters. The zero-order chi connectivity index (χ0) is 19.4. The fourth-order valence-electron chi connectivity index (χ4n) is 3.98. The van der Waals surface area contributed by atoms with Crippen LogP contribution in [-0.2, 0) is 4.79 Å². The molecule has 0 bridgehead atoms. The van der Waals surface area contributed by atoms with Crippen LogP contribution >= 0.6 is 0 Å². The van der Waals surface area contributed by atoms with Crippen LogP contribution in [0.25, 0.3) is 11.1 Å². The molecule has 1 aliphatic carbocycles. The van der Waals surface area contributed by atoms with Gasteiger partial charge < -0.3 is 15.4 Å². The third kappa shape index (κ3) is 4.33. The minimum atomic E-state index is 0.0300. The van der Waals surface area contributed by atoms with E-state index in [-0.39, 0.29) is 23.9 Å². The molecular formula is C23H30N2O2. The van der Waals surface area contributed by atoms with Crippen LogP contribution in [-0.4, -0.2) is 31.0 Å². The number of nitrogens with two attached hydrogens (primary N) is 1. The third-order valence-corrected chi connectivity index (χ3v) is 5.80. The van der Waals surface area contributed by atoms with Crippen LogP contribution in [0.1, 0.15) is 44.2 Å². The number of methoxy groups -OCH3 is 1. The standard InChI is InChI=1S/C23H30N2O2/c1-16(25(2)23(26)19-7-6-8-20(24)15-19)17-11-13-18(14-12-17)21-9-4-5-10-22(21)27-3/h4-5,9-14,16,19-20H,6-8,15,24H2,1-3H3. The van der Waals surface area contributed by atoms with E-state index in [0.717, 1.165) is 48.1 Å². The number of benzene rings is 2. The molecule has 0 radical (unpaired) electrons.